The molecule has 0 unspecified atom stereocenters. The van der Waals surface area contributed by atoms with Crippen LogP contribution in [-0.4, -0.2) is 31.6 Å². The van der Waals surface area contributed by atoms with E-state index in [9.17, 15) is 14.4 Å². The summed E-state index contributed by atoms with van der Waals surface area (Å²) in [6, 6.07) is 6.06. The summed E-state index contributed by atoms with van der Waals surface area (Å²) >= 11 is 0. The highest BCUT2D eigenvalue weighted by atomic mass is 16.7. The first-order chi connectivity index (χ1) is 10.2. The van der Waals surface area contributed by atoms with E-state index in [1.807, 2.05) is 0 Å². The lowest BCUT2D eigenvalue weighted by atomic mass is 10.2. The normalized spacial score (nSPS) is 9.52. The van der Waals surface area contributed by atoms with Crippen LogP contribution in [0, 0.1) is 0 Å². The number of hydrogen-bond acceptors (Lipinski definition) is 6. The molecule has 0 radical (unpaired) electrons. The molecular weight excluding hydrogens is 276 g/mol. The van der Waals surface area contributed by atoms with Gasteiger partial charge in [-0.25, -0.2) is 9.59 Å². The molecule has 6 nitrogen and oxygen atoms in total. The number of rotatable bonds is 8. The number of carbonyl (C=O) groups is 3. The minimum Gasteiger partial charge on any atom is -0.463 e. The van der Waals surface area contributed by atoms with Gasteiger partial charge in [-0.2, -0.15) is 0 Å². The molecule has 1 rings (SSSR count). The second kappa shape index (κ2) is 9.30. The zero-order valence-electron chi connectivity index (χ0n) is 11.4. The standard InChI is InChI=1S/C15H16O6/c1-2-14(17)19-9-3-4-10-20-15(18)21-13-7-5-12(11-16)6-8-13/h2,5-8,11H,1,3-4,9-10H2. The van der Waals surface area contributed by atoms with E-state index in [1.165, 1.54) is 24.3 Å². The Labute approximate surface area is 122 Å². The highest BCUT2D eigenvalue weighted by Gasteiger charge is 2.06. The molecule has 0 aromatic heterocycles. The minimum atomic E-state index is -0.822. The first-order valence-corrected chi connectivity index (χ1v) is 6.34. The highest BCUT2D eigenvalue weighted by molar-refractivity contribution is 5.81. The molecule has 0 heterocycles. The van der Waals surface area contributed by atoms with E-state index >= 15 is 0 Å². The first kappa shape index (κ1) is 16.4. The van der Waals surface area contributed by atoms with E-state index in [1.54, 1.807) is 0 Å². The van der Waals surface area contributed by atoms with Crippen LogP contribution in [-0.2, 0) is 14.3 Å². The fourth-order valence-corrected chi connectivity index (χ4v) is 1.33. The van der Waals surface area contributed by atoms with Gasteiger partial charge in [0.1, 0.15) is 12.0 Å². The van der Waals surface area contributed by atoms with Crippen molar-refractivity contribution in [1.82, 2.24) is 0 Å². The van der Waals surface area contributed by atoms with Crippen molar-refractivity contribution in [2.75, 3.05) is 13.2 Å². The fraction of sp³-hybridized carbons (Fsp3) is 0.267. The summed E-state index contributed by atoms with van der Waals surface area (Å²) in [5, 5.41) is 0. The monoisotopic (exact) mass is 292 g/mol. The Bertz CT molecular complexity index is 491. The lowest BCUT2D eigenvalue weighted by Crippen LogP contribution is -2.12. The van der Waals surface area contributed by atoms with E-state index in [2.05, 4.69) is 6.58 Å². The van der Waals surface area contributed by atoms with Crippen LogP contribution in [0.15, 0.2) is 36.9 Å². The van der Waals surface area contributed by atoms with Gasteiger partial charge in [0.15, 0.2) is 0 Å². The number of carbonyl (C=O) groups excluding carboxylic acids is 3. The quantitative estimate of drug-likeness (QED) is 0.241. The number of esters is 1. The van der Waals surface area contributed by atoms with Crippen molar-refractivity contribution in [2.45, 2.75) is 12.8 Å². The van der Waals surface area contributed by atoms with Crippen LogP contribution in [0.1, 0.15) is 23.2 Å². The molecule has 0 spiro atoms. The van der Waals surface area contributed by atoms with E-state index in [0.717, 1.165) is 6.08 Å². The smallest absolute Gasteiger partial charge is 0.463 e. The molecule has 0 fully saturated rings. The Balaban J connectivity index is 2.14. The third-order valence-corrected chi connectivity index (χ3v) is 2.39. The van der Waals surface area contributed by atoms with Gasteiger partial charge in [0, 0.05) is 11.6 Å². The zero-order valence-corrected chi connectivity index (χ0v) is 11.4. The van der Waals surface area contributed by atoms with Crippen LogP contribution < -0.4 is 4.74 Å². The molecule has 0 aliphatic carbocycles. The zero-order chi connectivity index (χ0) is 15.5. The summed E-state index contributed by atoms with van der Waals surface area (Å²) in [5.41, 5.74) is 0.491. The van der Waals surface area contributed by atoms with Gasteiger partial charge >= 0.3 is 12.1 Å². The van der Waals surface area contributed by atoms with Crippen LogP contribution in [0.4, 0.5) is 4.79 Å². The lowest BCUT2D eigenvalue weighted by Gasteiger charge is -2.06. The van der Waals surface area contributed by atoms with Gasteiger partial charge < -0.3 is 14.2 Å². The maximum atomic E-state index is 11.3. The Hall–Kier alpha value is -2.63. The second-order valence-electron chi connectivity index (χ2n) is 3.97. The van der Waals surface area contributed by atoms with E-state index in [-0.39, 0.29) is 13.2 Å². The highest BCUT2D eigenvalue weighted by Crippen LogP contribution is 2.11. The molecule has 0 saturated carbocycles. The SMILES string of the molecule is C=CC(=O)OCCCCOC(=O)Oc1ccc(C=O)cc1. The average molecular weight is 292 g/mol. The molecule has 0 saturated heterocycles. The molecule has 1 aromatic carbocycles. The van der Waals surface area contributed by atoms with Crippen LogP contribution >= 0.6 is 0 Å². The number of benzene rings is 1. The van der Waals surface area contributed by atoms with Crippen molar-refractivity contribution in [3.8, 4) is 5.75 Å². The lowest BCUT2D eigenvalue weighted by molar-refractivity contribution is -0.137. The molecule has 21 heavy (non-hydrogen) atoms. The third-order valence-electron chi connectivity index (χ3n) is 2.39. The Morgan fingerprint density at radius 1 is 1.05 bits per heavy atom. The number of hydrogen-bond donors (Lipinski definition) is 0. The molecule has 112 valence electrons. The van der Waals surface area contributed by atoms with E-state index in [4.69, 9.17) is 14.2 Å². The predicted octanol–water partition coefficient (Wildman–Crippen LogP) is 2.52. The second-order valence-corrected chi connectivity index (χ2v) is 3.97. The summed E-state index contributed by atoms with van der Waals surface area (Å²) in [6.07, 6.45) is 2.08. The van der Waals surface area contributed by atoms with Crippen LogP contribution in [0.25, 0.3) is 0 Å². The minimum absolute atomic E-state index is 0.164. The molecule has 0 aliphatic rings. The Morgan fingerprint density at radius 3 is 2.24 bits per heavy atom. The van der Waals surface area contributed by atoms with Crippen molar-refractivity contribution in [1.29, 1.82) is 0 Å². The Kier molecular flexibility index (Phi) is 7.28. The molecule has 6 heteroatoms. The molecule has 0 aliphatic heterocycles. The third kappa shape index (κ3) is 6.91. The van der Waals surface area contributed by atoms with Crippen molar-refractivity contribution in [2.24, 2.45) is 0 Å². The number of ether oxygens (including phenoxy) is 3. The average Bonchev–Trinajstić information content (AvgIpc) is 2.51. The van der Waals surface area contributed by atoms with Gasteiger partial charge in [-0.3, -0.25) is 4.79 Å². The molecule has 0 N–H and O–H groups in total. The van der Waals surface area contributed by atoms with Gasteiger partial charge in [-0.05, 0) is 37.1 Å². The number of unbranched alkanes of at least 4 members (excludes halogenated alkanes) is 1. The maximum absolute atomic E-state index is 11.3. The van der Waals surface area contributed by atoms with Crippen LogP contribution in [0.5, 0.6) is 5.75 Å². The Morgan fingerprint density at radius 2 is 1.67 bits per heavy atom. The molecular formula is C15H16O6. The van der Waals surface area contributed by atoms with Crippen LogP contribution in [0.3, 0.4) is 0 Å². The van der Waals surface area contributed by atoms with Gasteiger partial charge in [-0.1, -0.05) is 6.58 Å². The van der Waals surface area contributed by atoms with Crippen molar-refractivity contribution >= 4 is 18.4 Å². The molecule has 0 bridgehead atoms. The summed E-state index contributed by atoms with van der Waals surface area (Å²) in [5.74, 6) is -0.181. The predicted molar refractivity (Wildman–Crippen MR) is 74.2 cm³/mol. The first-order valence-electron chi connectivity index (χ1n) is 6.34. The summed E-state index contributed by atoms with van der Waals surface area (Å²) in [4.78, 5) is 32.5. The molecule has 0 amide bonds. The van der Waals surface area contributed by atoms with Crippen LogP contribution in [0.2, 0.25) is 0 Å². The molecule has 0 atom stereocenters. The van der Waals surface area contributed by atoms with Crippen molar-refractivity contribution in [3.05, 3.63) is 42.5 Å². The van der Waals surface area contributed by atoms with E-state index in [0.29, 0.717) is 30.4 Å². The fourth-order valence-electron chi connectivity index (χ4n) is 1.33. The van der Waals surface area contributed by atoms with Gasteiger partial charge in [0.25, 0.3) is 0 Å². The van der Waals surface area contributed by atoms with Gasteiger partial charge in [0.05, 0.1) is 13.2 Å². The van der Waals surface area contributed by atoms with Crippen molar-refractivity contribution < 1.29 is 28.6 Å². The number of aldehydes is 1. The summed E-state index contributed by atoms with van der Waals surface area (Å²) in [6.45, 7) is 3.68. The largest absolute Gasteiger partial charge is 0.513 e. The van der Waals surface area contributed by atoms with Gasteiger partial charge in [0.2, 0.25) is 0 Å². The summed E-state index contributed by atoms with van der Waals surface area (Å²) in [7, 11) is 0. The van der Waals surface area contributed by atoms with Gasteiger partial charge in [-0.15, -0.1) is 0 Å². The van der Waals surface area contributed by atoms with E-state index < -0.39 is 12.1 Å². The molecule has 1 aromatic rings. The maximum Gasteiger partial charge on any atom is 0.513 e. The summed E-state index contributed by atoms with van der Waals surface area (Å²) < 4.78 is 14.5. The van der Waals surface area contributed by atoms with Crippen molar-refractivity contribution in [3.63, 3.8) is 0 Å². The topological polar surface area (TPSA) is 78.9 Å².